The molecule has 0 aliphatic heterocycles. The molecule has 0 aromatic heterocycles. The van der Waals surface area contributed by atoms with Crippen molar-refractivity contribution < 1.29 is 24.0 Å². The Hall–Kier alpha value is -3.07. The predicted octanol–water partition coefficient (Wildman–Crippen LogP) is 2.54. The molecule has 26 heavy (non-hydrogen) atoms. The Bertz CT molecular complexity index is 840. The SMILES string of the molecule is COc1ccccc1COC(=O)CSc1ccc(C(N)=O)cc1[N+](=O)[O-]. The van der Waals surface area contributed by atoms with E-state index in [2.05, 4.69) is 0 Å². The number of nitrogens with two attached hydrogens (primary N) is 1. The zero-order valence-corrected chi connectivity index (χ0v) is 14.7. The molecule has 0 aliphatic carbocycles. The van der Waals surface area contributed by atoms with Crippen molar-refractivity contribution >= 4 is 29.3 Å². The molecule has 0 unspecified atom stereocenters. The van der Waals surface area contributed by atoms with Crippen LogP contribution in [0.25, 0.3) is 0 Å². The number of nitro groups is 1. The molecule has 2 aromatic rings. The number of methoxy groups -OCH3 is 1. The van der Waals surface area contributed by atoms with Crippen molar-refractivity contribution in [1.29, 1.82) is 0 Å². The smallest absolute Gasteiger partial charge is 0.316 e. The summed E-state index contributed by atoms with van der Waals surface area (Å²) < 4.78 is 10.3. The first-order chi connectivity index (χ1) is 12.4. The third kappa shape index (κ3) is 4.96. The summed E-state index contributed by atoms with van der Waals surface area (Å²) in [6, 6.07) is 11.0. The summed E-state index contributed by atoms with van der Waals surface area (Å²) in [4.78, 5) is 33.8. The monoisotopic (exact) mass is 376 g/mol. The summed E-state index contributed by atoms with van der Waals surface area (Å²) >= 11 is 0.949. The topological polar surface area (TPSA) is 122 Å². The molecule has 2 aromatic carbocycles. The molecule has 0 radical (unpaired) electrons. The van der Waals surface area contributed by atoms with E-state index in [0.717, 1.165) is 17.8 Å². The van der Waals surface area contributed by atoms with Crippen LogP contribution in [-0.2, 0) is 16.1 Å². The maximum absolute atomic E-state index is 11.9. The summed E-state index contributed by atoms with van der Waals surface area (Å²) in [6.07, 6.45) is 0. The Labute approximate surface area is 153 Å². The lowest BCUT2D eigenvalue weighted by Crippen LogP contribution is -2.11. The van der Waals surface area contributed by atoms with Gasteiger partial charge in [-0.3, -0.25) is 19.7 Å². The lowest BCUT2D eigenvalue weighted by Gasteiger charge is -2.09. The van der Waals surface area contributed by atoms with E-state index in [-0.39, 0.29) is 28.5 Å². The quantitative estimate of drug-likeness (QED) is 0.325. The molecule has 1 amide bonds. The van der Waals surface area contributed by atoms with Crippen LogP contribution in [0.5, 0.6) is 5.75 Å². The molecule has 8 nitrogen and oxygen atoms in total. The molecule has 0 saturated heterocycles. The van der Waals surface area contributed by atoms with Crippen molar-refractivity contribution in [2.45, 2.75) is 11.5 Å². The van der Waals surface area contributed by atoms with E-state index in [1.54, 1.807) is 24.3 Å². The van der Waals surface area contributed by atoms with Gasteiger partial charge >= 0.3 is 5.97 Å². The Balaban J connectivity index is 1.99. The average Bonchev–Trinajstić information content (AvgIpc) is 2.64. The number of hydrogen-bond acceptors (Lipinski definition) is 7. The minimum absolute atomic E-state index is 0.0276. The molecule has 2 N–H and O–H groups in total. The van der Waals surface area contributed by atoms with Crippen molar-refractivity contribution in [3.63, 3.8) is 0 Å². The van der Waals surface area contributed by atoms with Crippen molar-refractivity contribution in [3.8, 4) is 5.75 Å². The first-order valence-corrected chi connectivity index (χ1v) is 8.39. The number of benzene rings is 2. The van der Waals surface area contributed by atoms with Crippen molar-refractivity contribution in [2.24, 2.45) is 5.73 Å². The number of ether oxygens (including phenoxy) is 2. The van der Waals surface area contributed by atoms with Crippen LogP contribution in [0.1, 0.15) is 15.9 Å². The van der Waals surface area contributed by atoms with E-state index in [9.17, 15) is 19.7 Å². The largest absolute Gasteiger partial charge is 0.496 e. The number of thioether (sulfide) groups is 1. The third-order valence-corrected chi connectivity index (χ3v) is 4.40. The molecule has 0 fully saturated rings. The molecular formula is C17H16N2O6S. The second kappa shape index (κ2) is 8.86. The van der Waals surface area contributed by atoms with Gasteiger partial charge in [0.2, 0.25) is 5.91 Å². The Morgan fingerprint density at radius 2 is 1.96 bits per heavy atom. The number of esters is 1. The highest BCUT2D eigenvalue weighted by molar-refractivity contribution is 8.00. The second-order valence-electron chi connectivity index (χ2n) is 5.07. The highest BCUT2D eigenvalue weighted by atomic mass is 32.2. The summed E-state index contributed by atoms with van der Waals surface area (Å²) in [6.45, 7) is 0.0338. The Kier molecular flexibility index (Phi) is 6.56. The number of primary amides is 1. The Morgan fingerprint density at radius 3 is 2.62 bits per heavy atom. The van der Waals surface area contributed by atoms with Crippen LogP contribution in [0, 0.1) is 10.1 Å². The number of carbonyl (C=O) groups excluding carboxylic acids is 2. The van der Waals surface area contributed by atoms with Gasteiger partial charge in [-0.1, -0.05) is 18.2 Å². The van der Waals surface area contributed by atoms with Crippen molar-refractivity contribution in [3.05, 3.63) is 63.7 Å². The highest BCUT2D eigenvalue weighted by Gasteiger charge is 2.18. The molecule has 9 heteroatoms. The van der Waals surface area contributed by atoms with Gasteiger partial charge in [0.1, 0.15) is 12.4 Å². The van der Waals surface area contributed by atoms with Gasteiger partial charge in [-0.2, -0.15) is 0 Å². The zero-order chi connectivity index (χ0) is 19.1. The van der Waals surface area contributed by atoms with Gasteiger partial charge < -0.3 is 15.2 Å². The molecule has 0 heterocycles. The summed E-state index contributed by atoms with van der Waals surface area (Å²) in [7, 11) is 1.52. The van der Waals surface area contributed by atoms with Crippen LogP contribution in [0.15, 0.2) is 47.4 Å². The lowest BCUT2D eigenvalue weighted by atomic mass is 10.2. The van der Waals surface area contributed by atoms with Crippen LogP contribution >= 0.6 is 11.8 Å². The lowest BCUT2D eigenvalue weighted by molar-refractivity contribution is -0.387. The summed E-state index contributed by atoms with van der Waals surface area (Å²) in [5, 5.41) is 11.1. The second-order valence-corrected chi connectivity index (χ2v) is 6.08. The summed E-state index contributed by atoms with van der Waals surface area (Å²) in [5.41, 5.74) is 5.57. The molecule has 0 bridgehead atoms. The number of carbonyl (C=O) groups is 2. The molecule has 0 aliphatic rings. The van der Waals surface area contributed by atoms with Gasteiger partial charge in [0.15, 0.2) is 0 Å². The van der Waals surface area contributed by atoms with Crippen LogP contribution < -0.4 is 10.5 Å². The maximum atomic E-state index is 11.9. The molecule has 2 rings (SSSR count). The van der Waals surface area contributed by atoms with Gasteiger partial charge in [0, 0.05) is 17.2 Å². The van der Waals surface area contributed by atoms with E-state index < -0.39 is 16.8 Å². The molecule has 0 saturated carbocycles. The van der Waals surface area contributed by atoms with Gasteiger partial charge in [-0.15, -0.1) is 11.8 Å². The minimum Gasteiger partial charge on any atom is -0.496 e. The number of hydrogen-bond donors (Lipinski definition) is 1. The van der Waals surface area contributed by atoms with Gasteiger partial charge in [0.25, 0.3) is 5.69 Å². The molecular weight excluding hydrogens is 360 g/mol. The summed E-state index contributed by atoms with van der Waals surface area (Å²) in [5.74, 6) is -0.813. The maximum Gasteiger partial charge on any atom is 0.316 e. The molecule has 0 atom stereocenters. The fourth-order valence-corrected chi connectivity index (χ4v) is 2.90. The van der Waals surface area contributed by atoms with E-state index in [1.807, 2.05) is 0 Å². The number of nitro benzene ring substituents is 1. The van der Waals surface area contributed by atoms with E-state index in [0.29, 0.717) is 11.3 Å². The number of para-hydroxylation sites is 1. The normalized spacial score (nSPS) is 10.2. The molecule has 0 spiro atoms. The van der Waals surface area contributed by atoms with Crippen LogP contribution in [-0.4, -0.2) is 29.7 Å². The average molecular weight is 376 g/mol. The van der Waals surface area contributed by atoms with Gasteiger partial charge in [-0.25, -0.2) is 0 Å². The fourth-order valence-electron chi connectivity index (χ4n) is 2.09. The molecule has 136 valence electrons. The zero-order valence-electron chi connectivity index (χ0n) is 13.8. The van der Waals surface area contributed by atoms with Crippen LogP contribution in [0.3, 0.4) is 0 Å². The number of amides is 1. The highest BCUT2D eigenvalue weighted by Crippen LogP contribution is 2.30. The van der Waals surface area contributed by atoms with Crippen molar-refractivity contribution in [1.82, 2.24) is 0 Å². The van der Waals surface area contributed by atoms with E-state index in [1.165, 1.54) is 19.2 Å². The predicted molar refractivity (Wildman–Crippen MR) is 95.1 cm³/mol. The van der Waals surface area contributed by atoms with E-state index >= 15 is 0 Å². The fraction of sp³-hybridized carbons (Fsp3) is 0.176. The Morgan fingerprint density at radius 1 is 1.23 bits per heavy atom. The standard InChI is InChI=1S/C17H16N2O6S/c1-24-14-5-3-2-4-12(14)9-25-16(20)10-26-15-7-6-11(17(18)21)8-13(15)19(22)23/h2-8H,9-10H2,1H3,(H2,18,21). The first kappa shape index (κ1) is 19.3. The van der Waals surface area contributed by atoms with Gasteiger partial charge in [-0.05, 0) is 18.2 Å². The number of rotatable bonds is 8. The van der Waals surface area contributed by atoms with Crippen LogP contribution in [0.4, 0.5) is 5.69 Å². The van der Waals surface area contributed by atoms with Crippen LogP contribution in [0.2, 0.25) is 0 Å². The van der Waals surface area contributed by atoms with Gasteiger partial charge in [0.05, 0.1) is 22.7 Å². The number of nitrogens with zero attached hydrogens (tertiary/aromatic N) is 1. The van der Waals surface area contributed by atoms with E-state index in [4.69, 9.17) is 15.2 Å². The first-order valence-electron chi connectivity index (χ1n) is 7.41. The third-order valence-electron chi connectivity index (χ3n) is 3.37. The van der Waals surface area contributed by atoms with Crippen molar-refractivity contribution in [2.75, 3.05) is 12.9 Å². The minimum atomic E-state index is -0.763.